The maximum atomic E-state index is 13.5. The molecule has 0 amide bonds. The zero-order valence-electron chi connectivity index (χ0n) is 29.2. The first kappa shape index (κ1) is 34.9. The maximum absolute atomic E-state index is 13.5. The van der Waals surface area contributed by atoms with Crippen LogP contribution in [0.25, 0.3) is 0 Å². The average Bonchev–Trinajstić information content (AvgIpc) is 3.10. The molecule has 50 heavy (non-hydrogen) atoms. The third kappa shape index (κ3) is 6.52. The molecule has 0 aromatic heterocycles. The molecule has 5 nitrogen and oxygen atoms in total. The van der Waals surface area contributed by atoms with Gasteiger partial charge in [-0.15, -0.1) is 12.1 Å². The van der Waals surface area contributed by atoms with E-state index in [1.54, 1.807) is 37.4 Å². The van der Waals surface area contributed by atoms with Crippen molar-refractivity contribution in [3.63, 3.8) is 0 Å². The van der Waals surface area contributed by atoms with Crippen LogP contribution in [0.4, 0.5) is 0 Å². The van der Waals surface area contributed by atoms with Crippen LogP contribution in [0.3, 0.4) is 0 Å². The van der Waals surface area contributed by atoms with E-state index < -0.39 is 9.84 Å². The van der Waals surface area contributed by atoms with Crippen LogP contribution in [0.15, 0.2) is 119 Å². The van der Waals surface area contributed by atoms with Crippen molar-refractivity contribution in [2.45, 2.75) is 73.0 Å². The normalized spacial score (nSPS) is 23.6. The fourth-order valence-electron chi connectivity index (χ4n) is 9.29. The van der Waals surface area contributed by atoms with Crippen LogP contribution in [0, 0.1) is 31.7 Å². The number of hydrogen-bond donors (Lipinski definition) is 0. The minimum atomic E-state index is -3.75. The Morgan fingerprint density at radius 3 is 1.74 bits per heavy atom. The van der Waals surface area contributed by atoms with Crippen molar-refractivity contribution in [1.29, 1.82) is 0 Å². The Kier molecular flexibility index (Phi) is 9.44. The SMILES string of the molecule is COc1ccc(C23CC4CC(C2)CC(c2ccc(Oc5ccc(S(=O)(=O)c6c[c-]c(Oc7ccc(C)cc7)cc6)cc5C)cc2)(C4)C3)cc1.[Na+]. The van der Waals surface area contributed by atoms with E-state index in [0.29, 0.717) is 17.2 Å². The fraction of sp³-hybridized carbons (Fsp3) is 0.302. The Balaban J connectivity index is 0.00000392. The van der Waals surface area contributed by atoms with Gasteiger partial charge in [-0.2, -0.15) is 12.1 Å². The van der Waals surface area contributed by atoms with E-state index in [9.17, 15) is 8.42 Å². The Hall–Kier alpha value is -3.55. The van der Waals surface area contributed by atoms with Gasteiger partial charge in [0.25, 0.3) is 0 Å². The fourth-order valence-corrected chi connectivity index (χ4v) is 10.6. The third-order valence-electron chi connectivity index (χ3n) is 11.2. The molecule has 0 radical (unpaired) electrons. The molecule has 0 spiro atoms. The quantitative estimate of drug-likeness (QED) is 0.120. The van der Waals surface area contributed by atoms with Gasteiger partial charge in [-0.25, -0.2) is 8.42 Å². The van der Waals surface area contributed by atoms with Crippen LogP contribution in [0.5, 0.6) is 28.7 Å². The predicted molar refractivity (Wildman–Crippen MR) is 191 cm³/mol. The van der Waals surface area contributed by atoms with E-state index in [1.807, 2.05) is 38.1 Å². The van der Waals surface area contributed by atoms with Crippen molar-refractivity contribution >= 4 is 9.84 Å². The second-order valence-corrected chi connectivity index (χ2v) is 16.6. The number of hydrogen-bond acceptors (Lipinski definition) is 5. The number of aryl methyl sites for hydroxylation is 2. The zero-order chi connectivity index (χ0) is 33.8. The van der Waals surface area contributed by atoms with E-state index in [0.717, 1.165) is 34.5 Å². The summed E-state index contributed by atoms with van der Waals surface area (Å²) in [6, 6.07) is 37.8. The second-order valence-electron chi connectivity index (χ2n) is 14.6. The molecule has 5 aromatic rings. The van der Waals surface area contributed by atoms with Crippen molar-refractivity contribution < 1.29 is 52.2 Å². The summed E-state index contributed by atoms with van der Waals surface area (Å²) >= 11 is 0. The topological polar surface area (TPSA) is 61.8 Å². The predicted octanol–water partition coefficient (Wildman–Crippen LogP) is 7.32. The first-order valence-corrected chi connectivity index (χ1v) is 18.7. The molecule has 9 rings (SSSR count). The summed E-state index contributed by atoms with van der Waals surface area (Å²) in [4.78, 5) is 0.367. The van der Waals surface area contributed by atoms with Crippen molar-refractivity contribution in [2.24, 2.45) is 11.8 Å². The minimum absolute atomic E-state index is 0. The Morgan fingerprint density at radius 1 is 0.660 bits per heavy atom. The molecule has 0 aliphatic heterocycles. The van der Waals surface area contributed by atoms with Gasteiger partial charge in [-0.1, -0.05) is 42.0 Å². The van der Waals surface area contributed by atoms with Gasteiger partial charge in [0.05, 0.1) is 12.0 Å². The minimum Gasteiger partial charge on any atom is -0.497 e. The van der Waals surface area contributed by atoms with Crippen LogP contribution in [-0.2, 0) is 20.7 Å². The van der Waals surface area contributed by atoms with Gasteiger partial charge >= 0.3 is 29.6 Å². The smallest absolute Gasteiger partial charge is 0.497 e. The summed E-state index contributed by atoms with van der Waals surface area (Å²) in [5, 5.41) is 0. The number of sulfone groups is 1. The molecule has 4 aliphatic carbocycles. The first-order chi connectivity index (χ1) is 23.6. The zero-order valence-corrected chi connectivity index (χ0v) is 32.1. The van der Waals surface area contributed by atoms with E-state index in [1.165, 1.54) is 55.7 Å². The van der Waals surface area contributed by atoms with Crippen molar-refractivity contribution in [3.8, 4) is 28.7 Å². The number of ether oxygens (including phenoxy) is 3. The molecule has 4 fully saturated rings. The van der Waals surface area contributed by atoms with Crippen LogP contribution in [0.1, 0.15) is 60.8 Å². The molecule has 4 saturated carbocycles. The van der Waals surface area contributed by atoms with Gasteiger partial charge < -0.3 is 14.2 Å². The first-order valence-electron chi connectivity index (χ1n) is 17.2. The molecule has 0 heterocycles. The number of benzene rings is 5. The van der Waals surface area contributed by atoms with E-state index >= 15 is 0 Å². The van der Waals surface area contributed by atoms with Crippen molar-refractivity contribution in [2.75, 3.05) is 7.11 Å². The van der Waals surface area contributed by atoms with E-state index in [-0.39, 0.29) is 50.2 Å². The maximum Gasteiger partial charge on any atom is 1.00 e. The second kappa shape index (κ2) is 13.5. The summed E-state index contributed by atoms with van der Waals surface area (Å²) in [5.41, 5.74) is 5.19. The summed E-state index contributed by atoms with van der Waals surface area (Å²) in [5.74, 6) is 4.94. The largest absolute Gasteiger partial charge is 1.00 e. The molecule has 250 valence electrons. The van der Waals surface area contributed by atoms with Gasteiger partial charge in [-0.3, -0.25) is 0 Å². The van der Waals surface area contributed by atoms with Crippen molar-refractivity contribution in [3.05, 3.63) is 138 Å². The molecule has 4 aliphatic rings. The van der Waals surface area contributed by atoms with Gasteiger partial charge in [0.15, 0.2) is 9.84 Å². The van der Waals surface area contributed by atoms with Gasteiger partial charge in [-0.05, 0) is 151 Å². The molecular formula is C43H41NaO5S. The molecule has 7 heteroatoms. The van der Waals surface area contributed by atoms with Crippen LogP contribution in [0.2, 0.25) is 0 Å². The van der Waals surface area contributed by atoms with Crippen molar-refractivity contribution in [1.82, 2.24) is 0 Å². The summed E-state index contributed by atoms with van der Waals surface area (Å²) in [6.45, 7) is 3.89. The third-order valence-corrected chi connectivity index (χ3v) is 13.0. The average molecular weight is 693 g/mol. The molecule has 5 aromatic carbocycles. The van der Waals surface area contributed by atoms with Crippen LogP contribution in [-0.4, -0.2) is 15.5 Å². The molecular weight excluding hydrogens is 652 g/mol. The molecule has 2 unspecified atom stereocenters. The summed E-state index contributed by atoms with van der Waals surface area (Å²) in [6.07, 6.45) is 7.64. The van der Waals surface area contributed by atoms with Crippen LogP contribution < -0.4 is 43.8 Å². The van der Waals surface area contributed by atoms with Gasteiger partial charge in [0.1, 0.15) is 23.0 Å². The Bertz CT molecular complexity index is 2080. The van der Waals surface area contributed by atoms with Gasteiger partial charge in [0.2, 0.25) is 0 Å². The Labute approximate surface area is 318 Å². The Morgan fingerprint density at radius 2 is 1.20 bits per heavy atom. The summed E-state index contributed by atoms with van der Waals surface area (Å²) in [7, 11) is -2.02. The molecule has 2 atom stereocenters. The van der Waals surface area contributed by atoms with E-state index in [4.69, 9.17) is 14.2 Å². The molecule has 0 saturated heterocycles. The molecule has 4 bridgehead atoms. The standard InChI is InChI=1S/C43H41O5S.Na/c1-29-4-10-36(11-5-29)47-37-16-18-39(19-17-37)49(44,45)40-20-21-41(30(2)22-40)48-38-14-8-34(9-15-38)43-26-31-23-32(27-43)25-42(24-31,28-43)33-6-12-35(46-3)13-7-33;/h4-16,18-22,31-32H,23-28H2,1-3H3;/q-1;+1. The van der Waals surface area contributed by atoms with Gasteiger partial charge in [0, 0.05) is 5.75 Å². The monoisotopic (exact) mass is 692 g/mol. The van der Waals surface area contributed by atoms with E-state index in [2.05, 4.69) is 54.6 Å². The number of methoxy groups -OCH3 is 1. The van der Waals surface area contributed by atoms with Crippen LogP contribution >= 0.6 is 0 Å². The summed E-state index contributed by atoms with van der Waals surface area (Å²) < 4.78 is 44.6. The molecule has 0 N–H and O–H groups in total. The number of rotatable bonds is 9.